The summed E-state index contributed by atoms with van der Waals surface area (Å²) in [5.74, 6) is -0.149. The van der Waals surface area contributed by atoms with Crippen LogP contribution in [0.1, 0.15) is 12.8 Å². The number of hydrogen-bond acceptors (Lipinski definition) is 5. The van der Waals surface area contributed by atoms with Gasteiger partial charge >= 0.3 is 0 Å². The molecule has 0 saturated carbocycles. The summed E-state index contributed by atoms with van der Waals surface area (Å²) in [7, 11) is 1.53. The molecule has 0 atom stereocenters. The van der Waals surface area contributed by atoms with E-state index in [1.54, 1.807) is 6.07 Å². The monoisotopic (exact) mass is 251 g/mol. The van der Waals surface area contributed by atoms with Gasteiger partial charge in [0, 0.05) is 13.3 Å². The third-order valence-corrected chi connectivity index (χ3v) is 3.23. The van der Waals surface area contributed by atoms with E-state index in [0.29, 0.717) is 12.8 Å². The third kappa shape index (κ3) is 2.44. The molecule has 2 rings (SSSR count). The molecular weight excluding hydrogens is 234 g/mol. The number of ether oxygens (including phenoxy) is 1. The van der Waals surface area contributed by atoms with Gasteiger partial charge in [0.15, 0.2) is 11.6 Å². The Kier molecular flexibility index (Phi) is 3.78. The van der Waals surface area contributed by atoms with E-state index in [1.807, 2.05) is 0 Å². The van der Waals surface area contributed by atoms with Crippen LogP contribution in [0.3, 0.4) is 0 Å². The predicted molar refractivity (Wildman–Crippen MR) is 66.4 cm³/mol. The lowest BCUT2D eigenvalue weighted by Gasteiger charge is -2.34. The SMILES string of the molecule is COC1(C(=O)Nc2ncccc2O)CCNCC1. The molecule has 18 heavy (non-hydrogen) atoms. The Labute approximate surface area is 105 Å². The van der Waals surface area contributed by atoms with E-state index >= 15 is 0 Å². The zero-order chi connectivity index (χ0) is 13.0. The molecule has 1 aliphatic rings. The van der Waals surface area contributed by atoms with Gasteiger partial charge in [0.1, 0.15) is 5.60 Å². The van der Waals surface area contributed by atoms with Gasteiger partial charge in [0.05, 0.1) is 0 Å². The van der Waals surface area contributed by atoms with Gasteiger partial charge < -0.3 is 20.5 Å². The second-order valence-electron chi connectivity index (χ2n) is 4.27. The fraction of sp³-hybridized carbons (Fsp3) is 0.500. The van der Waals surface area contributed by atoms with E-state index in [0.717, 1.165) is 13.1 Å². The van der Waals surface area contributed by atoms with E-state index in [9.17, 15) is 9.90 Å². The molecule has 0 aliphatic carbocycles. The normalized spacial score (nSPS) is 18.3. The number of amides is 1. The van der Waals surface area contributed by atoms with Crippen molar-refractivity contribution in [2.45, 2.75) is 18.4 Å². The number of nitrogens with one attached hydrogen (secondary N) is 2. The summed E-state index contributed by atoms with van der Waals surface area (Å²) in [5.41, 5.74) is -0.838. The highest BCUT2D eigenvalue weighted by Crippen LogP contribution is 2.26. The van der Waals surface area contributed by atoms with E-state index in [2.05, 4.69) is 15.6 Å². The Morgan fingerprint density at radius 1 is 1.56 bits per heavy atom. The minimum absolute atomic E-state index is 0.0500. The Bertz CT molecular complexity index is 430. The first kappa shape index (κ1) is 12.8. The molecule has 0 spiro atoms. The molecule has 0 aromatic carbocycles. The second kappa shape index (κ2) is 5.32. The van der Waals surface area contributed by atoms with Crippen LogP contribution >= 0.6 is 0 Å². The molecule has 6 nitrogen and oxygen atoms in total. The smallest absolute Gasteiger partial charge is 0.257 e. The summed E-state index contributed by atoms with van der Waals surface area (Å²) in [6, 6.07) is 3.08. The third-order valence-electron chi connectivity index (χ3n) is 3.23. The molecule has 1 fully saturated rings. The van der Waals surface area contributed by atoms with Crippen LogP contribution in [-0.2, 0) is 9.53 Å². The van der Waals surface area contributed by atoms with Crippen molar-refractivity contribution in [1.29, 1.82) is 0 Å². The van der Waals surface area contributed by atoms with Crippen molar-refractivity contribution in [3.05, 3.63) is 18.3 Å². The zero-order valence-corrected chi connectivity index (χ0v) is 10.3. The molecule has 2 heterocycles. The van der Waals surface area contributed by atoms with Gasteiger partial charge in [0.2, 0.25) is 0 Å². The number of carbonyl (C=O) groups is 1. The summed E-state index contributed by atoms with van der Waals surface area (Å²) in [6.07, 6.45) is 2.71. The number of nitrogens with zero attached hydrogens (tertiary/aromatic N) is 1. The quantitative estimate of drug-likeness (QED) is 0.728. The van der Waals surface area contributed by atoms with Crippen molar-refractivity contribution < 1.29 is 14.6 Å². The number of piperidine rings is 1. The van der Waals surface area contributed by atoms with Gasteiger partial charge in [-0.15, -0.1) is 0 Å². The molecule has 6 heteroatoms. The first-order valence-electron chi connectivity index (χ1n) is 5.89. The lowest BCUT2D eigenvalue weighted by Crippen LogP contribution is -2.51. The van der Waals surface area contributed by atoms with Crippen LogP contribution in [0.5, 0.6) is 5.75 Å². The molecule has 0 bridgehead atoms. The summed E-state index contributed by atoms with van der Waals surface area (Å²) >= 11 is 0. The van der Waals surface area contributed by atoms with E-state index in [4.69, 9.17) is 4.74 Å². The van der Waals surface area contributed by atoms with Crippen LogP contribution in [-0.4, -0.2) is 41.8 Å². The van der Waals surface area contributed by atoms with Gasteiger partial charge in [-0.25, -0.2) is 4.98 Å². The number of pyridine rings is 1. The van der Waals surface area contributed by atoms with Gasteiger partial charge in [-0.1, -0.05) is 0 Å². The van der Waals surface area contributed by atoms with E-state index in [1.165, 1.54) is 19.4 Å². The predicted octanol–water partition coefficient (Wildman–Crippen LogP) is 0.494. The average molecular weight is 251 g/mol. The first-order valence-corrected chi connectivity index (χ1v) is 5.89. The van der Waals surface area contributed by atoms with Gasteiger partial charge in [0.25, 0.3) is 5.91 Å². The molecule has 0 radical (unpaired) electrons. The Hall–Kier alpha value is -1.66. The molecule has 98 valence electrons. The Balaban J connectivity index is 2.13. The van der Waals surface area contributed by atoms with Crippen LogP contribution in [0, 0.1) is 0 Å². The van der Waals surface area contributed by atoms with Crippen LogP contribution in [0.25, 0.3) is 0 Å². The topological polar surface area (TPSA) is 83.5 Å². The van der Waals surface area contributed by atoms with E-state index in [-0.39, 0.29) is 17.5 Å². The van der Waals surface area contributed by atoms with Crippen molar-refractivity contribution in [2.24, 2.45) is 0 Å². The summed E-state index contributed by atoms with van der Waals surface area (Å²) in [5, 5.41) is 15.4. The molecule has 1 aliphatic heterocycles. The largest absolute Gasteiger partial charge is 0.504 e. The molecule has 1 aromatic rings. The highest BCUT2D eigenvalue weighted by molar-refractivity contribution is 5.97. The Morgan fingerprint density at radius 2 is 2.28 bits per heavy atom. The van der Waals surface area contributed by atoms with Crippen molar-refractivity contribution in [3.63, 3.8) is 0 Å². The first-order chi connectivity index (χ1) is 8.68. The molecule has 1 amide bonds. The second-order valence-corrected chi connectivity index (χ2v) is 4.27. The maximum atomic E-state index is 12.3. The van der Waals surface area contributed by atoms with Crippen molar-refractivity contribution in [3.8, 4) is 5.75 Å². The lowest BCUT2D eigenvalue weighted by molar-refractivity contribution is -0.140. The minimum atomic E-state index is -0.838. The number of methoxy groups -OCH3 is 1. The standard InChI is InChI=1S/C12H17N3O3/c1-18-12(4-7-13-8-5-12)11(17)15-10-9(16)3-2-6-14-10/h2-3,6,13,16H,4-5,7-8H2,1H3,(H,14,15,17). The molecule has 1 saturated heterocycles. The number of aromatic nitrogens is 1. The molecule has 3 N–H and O–H groups in total. The fourth-order valence-electron chi connectivity index (χ4n) is 2.07. The van der Waals surface area contributed by atoms with Gasteiger partial charge in [-0.2, -0.15) is 0 Å². The van der Waals surface area contributed by atoms with Crippen LogP contribution < -0.4 is 10.6 Å². The zero-order valence-electron chi connectivity index (χ0n) is 10.3. The van der Waals surface area contributed by atoms with Gasteiger partial charge in [-0.3, -0.25) is 4.79 Å². The number of carbonyl (C=O) groups excluding carboxylic acids is 1. The maximum Gasteiger partial charge on any atom is 0.257 e. The highest BCUT2D eigenvalue weighted by atomic mass is 16.5. The van der Waals surface area contributed by atoms with Crippen molar-refractivity contribution in [2.75, 3.05) is 25.5 Å². The lowest BCUT2D eigenvalue weighted by atomic mass is 9.91. The van der Waals surface area contributed by atoms with Gasteiger partial charge in [-0.05, 0) is 38.1 Å². The number of hydrogen-bond donors (Lipinski definition) is 3. The van der Waals surface area contributed by atoms with Crippen molar-refractivity contribution >= 4 is 11.7 Å². The Morgan fingerprint density at radius 3 is 2.89 bits per heavy atom. The van der Waals surface area contributed by atoms with Crippen LogP contribution in [0.2, 0.25) is 0 Å². The van der Waals surface area contributed by atoms with Crippen LogP contribution in [0.4, 0.5) is 5.82 Å². The number of rotatable bonds is 3. The van der Waals surface area contributed by atoms with E-state index < -0.39 is 5.60 Å². The highest BCUT2D eigenvalue weighted by Gasteiger charge is 2.40. The maximum absolute atomic E-state index is 12.3. The summed E-state index contributed by atoms with van der Waals surface area (Å²) < 4.78 is 5.39. The molecule has 0 unspecified atom stereocenters. The fourth-order valence-corrected chi connectivity index (χ4v) is 2.07. The van der Waals surface area contributed by atoms with Crippen LogP contribution in [0.15, 0.2) is 18.3 Å². The molecule has 1 aromatic heterocycles. The summed E-state index contributed by atoms with van der Waals surface area (Å²) in [4.78, 5) is 16.2. The summed E-state index contributed by atoms with van der Waals surface area (Å²) in [6.45, 7) is 1.46. The average Bonchev–Trinajstić information content (AvgIpc) is 2.42. The minimum Gasteiger partial charge on any atom is -0.504 e. The molecular formula is C12H17N3O3. The number of aromatic hydroxyl groups is 1. The number of anilines is 1. The van der Waals surface area contributed by atoms with Crippen molar-refractivity contribution in [1.82, 2.24) is 10.3 Å².